The van der Waals surface area contributed by atoms with E-state index in [1.807, 2.05) is 43.5 Å². The van der Waals surface area contributed by atoms with Gasteiger partial charge in [-0.25, -0.2) is 4.98 Å². The number of aromatic nitrogens is 3. The average Bonchev–Trinajstić information content (AvgIpc) is 3.25. The van der Waals surface area contributed by atoms with Crippen LogP contribution in [0.15, 0.2) is 34.2 Å². The van der Waals surface area contributed by atoms with E-state index in [9.17, 15) is 4.79 Å². The first-order valence-corrected chi connectivity index (χ1v) is 9.61. The van der Waals surface area contributed by atoms with Crippen LogP contribution in [0.1, 0.15) is 44.3 Å². The lowest BCUT2D eigenvalue weighted by Crippen LogP contribution is -2.11. The Balaban J connectivity index is 1.50. The summed E-state index contributed by atoms with van der Waals surface area (Å²) in [6.07, 6.45) is 1.57. The van der Waals surface area contributed by atoms with E-state index >= 15 is 0 Å². The molecule has 2 aromatic heterocycles. The SMILES string of the molecule is CC(C)c1noc(CCCC(=O)Nc2nc(-c3ccccc3Cl)cs2)n1. The molecule has 0 aliphatic carbocycles. The summed E-state index contributed by atoms with van der Waals surface area (Å²) in [7, 11) is 0. The summed E-state index contributed by atoms with van der Waals surface area (Å²) in [5, 5.41) is 9.81. The van der Waals surface area contributed by atoms with Crippen molar-refractivity contribution < 1.29 is 9.32 Å². The number of anilines is 1. The minimum Gasteiger partial charge on any atom is -0.339 e. The smallest absolute Gasteiger partial charge is 0.226 e. The number of carbonyl (C=O) groups excluding carboxylic acids is 1. The average molecular weight is 391 g/mol. The number of aryl methyl sites for hydroxylation is 1. The number of rotatable bonds is 7. The second-order valence-corrected chi connectivity index (χ2v) is 7.39. The van der Waals surface area contributed by atoms with Crippen molar-refractivity contribution in [3.05, 3.63) is 46.4 Å². The molecule has 0 bridgehead atoms. The van der Waals surface area contributed by atoms with Gasteiger partial charge in [-0.2, -0.15) is 4.98 Å². The van der Waals surface area contributed by atoms with Crippen LogP contribution in [0, 0.1) is 0 Å². The minimum atomic E-state index is -0.0892. The number of benzene rings is 1. The molecule has 1 amide bonds. The third kappa shape index (κ3) is 4.68. The van der Waals surface area contributed by atoms with E-state index in [2.05, 4.69) is 20.4 Å². The molecule has 0 atom stereocenters. The van der Waals surface area contributed by atoms with Crippen LogP contribution in [0.3, 0.4) is 0 Å². The summed E-state index contributed by atoms with van der Waals surface area (Å²) in [4.78, 5) is 20.8. The van der Waals surface area contributed by atoms with Gasteiger partial charge in [0.1, 0.15) is 0 Å². The van der Waals surface area contributed by atoms with E-state index in [1.165, 1.54) is 11.3 Å². The maximum Gasteiger partial charge on any atom is 0.226 e. The molecule has 0 spiro atoms. The Hall–Kier alpha value is -2.25. The van der Waals surface area contributed by atoms with Crippen LogP contribution in [0.5, 0.6) is 0 Å². The fourth-order valence-electron chi connectivity index (χ4n) is 2.31. The van der Waals surface area contributed by atoms with Gasteiger partial charge in [-0.3, -0.25) is 4.79 Å². The Bertz CT molecular complexity index is 891. The highest BCUT2D eigenvalue weighted by atomic mass is 35.5. The van der Waals surface area contributed by atoms with E-state index in [4.69, 9.17) is 16.1 Å². The molecule has 8 heteroatoms. The molecule has 26 heavy (non-hydrogen) atoms. The lowest BCUT2D eigenvalue weighted by Gasteiger charge is -2.01. The molecule has 0 saturated heterocycles. The van der Waals surface area contributed by atoms with Gasteiger partial charge in [0.05, 0.1) is 5.69 Å². The van der Waals surface area contributed by atoms with Crippen molar-refractivity contribution in [1.82, 2.24) is 15.1 Å². The summed E-state index contributed by atoms with van der Waals surface area (Å²) in [5.41, 5.74) is 1.60. The number of halogens is 1. The lowest BCUT2D eigenvalue weighted by molar-refractivity contribution is -0.116. The zero-order chi connectivity index (χ0) is 18.5. The fourth-order valence-corrected chi connectivity index (χ4v) is 3.27. The molecule has 0 radical (unpaired) electrons. The predicted octanol–water partition coefficient (Wildman–Crippen LogP) is 4.93. The van der Waals surface area contributed by atoms with Gasteiger partial charge < -0.3 is 9.84 Å². The Labute approximate surface area is 160 Å². The van der Waals surface area contributed by atoms with Crippen molar-refractivity contribution in [2.24, 2.45) is 0 Å². The molecule has 136 valence electrons. The molecule has 6 nitrogen and oxygen atoms in total. The van der Waals surface area contributed by atoms with Crippen molar-refractivity contribution >= 4 is 34.0 Å². The maximum atomic E-state index is 12.1. The highest BCUT2D eigenvalue weighted by molar-refractivity contribution is 7.14. The van der Waals surface area contributed by atoms with Gasteiger partial charge in [0.15, 0.2) is 11.0 Å². The zero-order valence-electron chi connectivity index (χ0n) is 14.5. The van der Waals surface area contributed by atoms with Crippen molar-refractivity contribution in [1.29, 1.82) is 0 Å². The third-order valence-corrected chi connectivity index (χ3v) is 4.78. The first-order valence-electron chi connectivity index (χ1n) is 8.35. The molecule has 1 aromatic carbocycles. The Morgan fingerprint density at radius 1 is 1.31 bits per heavy atom. The molecule has 0 unspecified atom stereocenters. The molecule has 0 saturated carbocycles. The Morgan fingerprint density at radius 2 is 2.12 bits per heavy atom. The van der Waals surface area contributed by atoms with E-state index in [-0.39, 0.29) is 11.8 Å². The minimum absolute atomic E-state index is 0.0892. The first-order chi connectivity index (χ1) is 12.5. The van der Waals surface area contributed by atoms with Crippen molar-refractivity contribution in [3.8, 4) is 11.3 Å². The highest BCUT2D eigenvalue weighted by Crippen LogP contribution is 2.30. The van der Waals surface area contributed by atoms with Crippen LogP contribution < -0.4 is 5.32 Å². The number of hydrogen-bond acceptors (Lipinski definition) is 6. The van der Waals surface area contributed by atoms with Crippen molar-refractivity contribution in [3.63, 3.8) is 0 Å². The molecule has 1 N–H and O–H groups in total. The Kier molecular flexibility index (Phi) is 6.00. The topological polar surface area (TPSA) is 80.9 Å². The van der Waals surface area contributed by atoms with Crippen molar-refractivity contribution in [2.75, 3.05) is 5.32 Å². The van der Waals surface area contributed by atoms with Gasteiger partial charge in [0.2, 0.25) is 11.8 Å². The number of nitrogens with zero attached hydrogens (tertiary/aromatic N) is 3. The first kappa shape index (κ1) is 18.5. The monoisotopic (exact) mass is 390 g/mol. The number of amides is 1. The normalized spacial score (nSPS) is 11.1. The Morgan fingerprint density at radius 3 is 2.85 bits per heavy atom. The van der Waals surface area contributed by atoms with Gasteiger partial charge >= 0.3 is 0 Å². The van der Waals surface area contributed by atoms with Gasteiger partial charge in [-0.1, -0.05) is 48.8 Å². The zero-order valence-corrected chi connectivity index (χ0v) is 16.1. The standard InChI is InChI=1S/C18H19ClN4O2S/c1-11(2)17-22-16(25-23-17)9-5-8-15(24)21-18-20-14(10-26-18)12-6-3-4-7-13(12)19/h3-4,6-7,10-11H,5,8-9H2,1-2H3,(H,20,21,24). The van der Waals surface area contributed by atoms with Crippen LogP contribution in [-0.4, -0.2) is 21.0 Å². The predicted molar refractivity (Wildman–Crippen MR) is 103 cm³/mol. The molecular formula is C18H19ClN4O2S. The summed E-state index contributed by atoms with van der Waals surface area (Å²) < 4.78 is 5.17. The molecule has 0 aliphatic heterocycles. The van der Waals surface area contributed by atoms with Gasteiger partial charge in [0.25, 0.3) is 0 Å². The molecule has 0 aliphatic rings. The van der Waals surface area contributed by atoms with Crippen LogP contribution >= 0.6 is 22.9 Å². The lowest BCUT2D eigenvalue weighted by atomic mass is 10.2. The van der Waals surface area contributed by atoms with Gasteiger partial charge in [-0.15, -0.1) is 11.3 Å². The molecule has 0 fully saturated rings. The third-order valence-electron chi connectivity index (χ3n) is 3.70. The maximum absolute atomic E-state index is 12.1. The van der Waals surface area contributed by atoms with Crippen LogP contribution in [0.4, 0.5) is 5.13 Å². The number of thiazole rings is 1. The highest BCUT2D eigenvalue weighted by Gasteiger charge is 2.12. The molecule has 3 rings (SSSR count). The number of carbonyl (C=O) groups is 1. The van der Waals surface area contributed by atoms with Crippen LogP contribution in [0.2, 0.25) is 5.02 Å². The summed E-state index contributed by atoms with van der Waals surface area (Å²) in [6, 6.07) is 7.49. The molecule has 3 aromatic rings. The number of nitrogens with one attached hydrogen (secondary N) is 1. The van der Waals surface area contributed by atoms with E-state index in [0.717, 1.165) is 11.3 Å². The largest absolute Gasteiger partial charge is 0.339 e. The second kappa shape index (κ2) is 8.42. The summed E-state index contributed by atoms with van der Waals surface area (Å²) in [6.45, 7) is 4.01. The molecule has 2 heterocycles. The van der Waals surface area contributed by atoms with E-state index in [1.54, 1.807) is 0 Å². The van der Waals surface area contributed by atoms with E-state index < -0.39 is 0 Å². The van der Waals surface area contributed by atoms with Crippen LogP contribution in [0.25, 0.3) is 11.3 Å². The van der Waals surface area contributed by atoms with Crippen molar-refractivity contribution in [2.45, 2.75) is 39.0 Å². The fraction of sp³-hybridized carbons (Fsp3) is 0.333. The number of hydrogen-bond donors (Lipinski definition) is 1. The quantitative estimate of drug-likeness (QED) is 0.618. The van der Waals surface area contributed by atoms with Gasteiger partial charge in [-0.05, 0) is 12.5 Å². The molecular weight excluding hydrogens is 372 g/mol. The summed E-state index contributed by atoms with van der Waals surface area (Å²) in [5.74, 6) is 1.40. The second-order valence-electron chi connectivity index (χ2n) is 6.12. The van der Waals surface area contributed by atoms with Gasteiger partial charge in [0, 0.05) is 34.7 Å². The van der Waals surface area contributed by atoms with E-state index in [0.29, 0.717) is 41.1 Å². The van der Waals surface area contributed by atoms with Crippen LogP contribution in [-0.2, 0) is 11.2 Å². The summed E-state index contributed by atoms with van der Waals surface area (Å²) >= 11 is 7.55.